The maximum absolute atomic E-state index is 11.8. The van der Waals surface area contributed by atoms with Crippen LogP contribution >= 0.6 is 0 Å². The van der Waals surface area contributed by atoms with Gasteiger partial charge in [0.15, 0.2) is 0 Å². The fourth-order valence-corrected chi connectivity index (χ4v) is 3.06. The molecule has 90 valence electrons. The van der Waals surface area contributed by atoms with Gasteiger partial charge >= 0.3 is 6.09 Å². The number of nitrogens with one attached hydrogen (secondary N) is 1. The van der Waals surface area contributed by atoms with Crippen molar-refractivity contribution in [3.05, 3.63) is 29.8 Å². The van der Waals surface area contributed by atoms with Crippen LogP contribution in [0.25, 0.3) is 0 Å². The molecule has 0 saturated carbocycles. The number of benzene rings is 1. The average molecular weight is 232 g/mol. The molecule has 17 heavy (non-hydrogen) atoms. The predicted octanol–water partition coefficient (Wildman–Crippen LogP) is 2.38. The molecule has 1 aromatic rings. The third-order valence-corrected chi connectivity index (χ3v) is 3.80. The van der Waals surface area contributed by atoms with Crippen LogP contribution in [0.1, 0.15) is 24.8 Å². The molecule has 2 heterocycles. The molecule has 1 N–H and O–H groups in total. The molecule has 1 amide bonds. The van der Waals surface area contributed by atoms with Gasteiger partial charge in [-0.05, 0) is 25.0 Å². The van der Waals surface area contributed by atoms with Crippen LogP contribution in [0.5, 0.6) is 0 Å². The number of para-hydroxylation sites is 1. The average Bonchev–Trinajstić information content (AvgIpc) is 2.83. The van der Waals surface area contributed by atoms with Gasteiger partial charge in [-0.1, -0.05) is 18.2 Å². The summed E-state index contributed by atoms with van der Waals surface area (Å²) in [6.45, 7) is 2.07. The van der Waals surface area contributed by atoms with Crippen LogP contribution in [0.3, 0.4) is 0 Å². The normalized spacial score (nSPS) is 29.5. The summed E-state index contributed by atoms with van der Waals surface area (Å²) in [6, 6.07) is 8.49. The Kier molecular flexibility index (Phi) is 2.24. The zero-order chi connectivity index (χ0) is 12.0. The van der Waals surface area contributed by atoms with Gasteiger partial charge in [0.1, 0.15) is 6.17 Å². The number of likely N-dealkylation sites (tertiary alicyclic amines) is 1. The summed E-state index contributed by atoms with van der Waals surface area (Å²) in [6.07, 6.45) is 0.796. The van der Waals surface area contributed by atoms with Gasteiger partial charge in [-0.2, -0.15) is 0 Å². The minimum absolute atomic E-state index is 0.0508. The van der Waals surface area contributed by atoms with E-state index in [1.54, 1.807) is 0 Å². The zero-order valence-corrected chi connectivity index (χ0v) is 10.0. The molecule has 4 nitrogen and oxygen atoms in total. The first kappa shape index (κ1) is 10.4. The number of rotatable bonds is 0. The Morgan fingerprint density at radius 1 is 1.47 bits per heavy atom. The number of ether oxygens (including phenoxy) is 1. The SMILES string of the molecule is COC(=O)N1[C@@H](C)C[C@@H]2c3ccccc3N[C@@H]21. The quantitative estimate of drug-likeness (QED) is 0.746. The van der Waals surface area contributed by atoms with Crippen molar-refractivity contribution in [3.8, 4) is 0 Å². The van der Waals surface area contributed by atoms with Gasteiger partial charge in [-0.25, -0.2) is 4.79 Å². The van der Waals surface area contributed by atoms with Crippen molar-refractivity contribution in [2.75, 3.05) is 12.4 Å². The van der Waals surface area contributed by atoms with E-state index in [4.69, 9.17) is 4.74 Å². The summed E-state index contributed by atoms with van der Waals surface area (Å²) < 4.78 is 4.86. The Morgan fingerprint density at radius 2 is 2.24 bits per heavy atom. The predicted molar refractivity (Wildman–Crippen MR) is 64.9 cm³/mol. The number of carbonyl (C=O) groups excluding carboxylic acids is 1. The molecule has 0 aromatic heterocycles. The molecule has 4 heteroatoms. The van der Waals surface area contributed by atoms with Crippen molar-refractivity contribution in [2.45, 2.75) is 31.5 Å². The summed E-state index contributed by atoms with van der Waals surface area (Å²) in [5.74, 6) is 0.389. The third kappa shape index (κ3) is 1.40. The number of carbonyl (C=O) groups is 1. The molecular weight excluding hydrogens is 216 g/mol. The van der Waals surface area contributed by atoms with E-state index >= 15 is 0 Å². The highest BCUT2D eigenvalue weighted by Gasteiger charge is 2.47. The first-order valence-corrected chi connectivity index (χ1v) is 5.94. The van der Waals surface area contributed by atoms with Crippen molar-refractivity contribution in [3.63, 3.8) is 0 Å². The first-order chi connectivity index (χ1) is 8.22. The van der Waals surface area contributed by atoms with Crippen molar-refractivity contribution >= 4 is 11.8 Å². The number of hydrogen-bond donors (Lipinski definition) is 1. The van der Waals surface area contributed by atoms with E-state index < -0.39 is 0 Å². The summed E-state index contributed by atoms with van der Waals surface area (Å²) in [5.41, 5.74) is 2.46. The Bertz CT molecular complexity index is 460. The van der Waals surface area contributed by atoms with Crippen molar-refractivity contribution in [1.29, 1.82) is 0 Å². The highest BCUT2D eigenvalue weighted by Crippen LogP contribution is 2.45. The summed E-state index contributed by atoms with van der Waals surface area (Å²) in [7, 11) is 1.43. The zero-order valence-electron chi connectivity index (χ0n) is 10.0. The summed E-state index contributed by atoms with van der Waals surface area (Å²) >= 11 is 0. The minimum Gasteiger partial charge on any atom is -0.453 e. The maximum Gasteiger partial charge on any atom is 0.411 e. The van der Waals surface area contributed by atoms with E-state index in [9.17, 15) is 4.79 Å². The van der Waals surface area contributed by atoms with E-state index in [1.807, 2.05) is 17.0 Å². The Hall–Kier alpha value is -1.71. The van der Waals surface area contributed by atoms with Gasteiger partial charge in [0.2, 0.25) is 0 Å². The molecule has 1 aromatic carbocycles. The monoisotopic (exact) mass is 232 g/mol. The molecule has 1 saturated heterocycles. The van der Waals surface area contributed by atoms with E-state index in [-0.39, 0.29) is 18.3 Å². The second-order valence-corrected chi connectivity index (χ2v) is 4.74. The minimum atomic E-state index is -0.245. The van der Waals surface area contributed by atoms with E-state index in [0.29, 0.717) is 5.92 Å². The second kappa shape index (κ2) is 3.65. The second-order valence-electron chi connectivity index (χ2n) is 4.74. The molecule has 0 bridgehead atoms. The molecule has 3 atom stereocenters. The third-order valence-electron chi connectivity index (χ3n) is 3.80. The molecule has 3 rings (SSSR count). The highest BCUT2D eigenvalue weighted by molar-refractivity contribution is 5.72. The van der Waals surface area contributed by atoms with Crippen LogP contribution in [0.15, 0.2) is 24.3 Å². The first-order valence-electron chi connectivity index (χ1n) is 5.94. The van der Waals surface area contributed by atoms with E-state index in [0.717, 1.165) is 12.1 Å². The fourth-order valence-electron chi connectivity index (χ4n) is 3.06. The van der Waals surface area contributed by atoms with Gasteiger partial charge in [-0.3, -0.25) is 4.90 Å². The van der Waals surface area contributed by atoms with Gasteiger partial charge in [0.05, 0.1) is 7.11 Å². The molecule has 0 unspecified atom stereocenters. The standard InChI is InChI=1S/C13H16N2O2/c1-8-7-10-9-5-3-4-6-11(9)14-12(10)15(8)13(16)17-2/h3-6,8,10,12,14H,7H2,1-2H3/t8-,10+,12+/m0/s1. The number of nitrogens with zero attached hydrogens (tertiary/aromatic N) is 1. The Balaban J connectivity index is 1.95. The fraction of sp³-hybridized carbons (Fsp3) is 0.462. The van der Waals surface area contributed by atoms with Crippen molar-refractivity contribution in [1.82, 2.24) is 4.90 Å². The van der Waals surface area contributed by atoms with Crippen molar-refractivity contribution in [2.24, 2.45) is 0 Å². The molecule has 2 aliphatic rings. The molecular formula is C13H16N2O2. The van der Waals surface area contributed by atoms with E-state index in [1.165, 1.54) is 12.7 Å². The maximum atomic E-state index is 11.8. The Morgan fingerprint density at radius 3 is 3.00 bits per heavy atom. The number of amides is 1. The number of methoxy groups -OCH3 is 1. The van der Waals surface area contributed by atoms with Crippen LogP contribution in [0.4, 0.5) is 10.5 Å². The Labute approximate surface area is 101 Å². The van der Waals surface area contributed by atoms with Gasteiger partial charge in [-0.15, -0.1) is 0 Å². The lowest BCUT2D eigenvalue weighted by Crippen LogP contribution is -2.43. The lowest BCUT2D eigenvalue weighted by atomic mass is 9.97. The molecule has 0 radical (unpaired) electrons. The van der Waals surface area contributed by atoms with Crippen LogP contribution in [-0.4, -0.2) is 30.3 Å². The molecule has 2 aliphatic heterocycles. The highest BCUT2D eigenvalue weighted by atomic mass is 16.5. The molecule has 0 spiro atoms. The van der Waals surface area contributed by atoms with Crippen LogP contribution < -0.4 is 5.32 Å². The molecule has 1 fully saturated rings. The molecule has 0 aliphatic carbocycles. The topological polar surface area (TPSA) is 41.6 Å². The van der Waals surface area contributed by atoms with Crippen LogP contribution in [-0.2, 0) is 4.74 Å². The number of anilines is 1. The largest absolute Gasteiger partial charge is 0.453 e. The number of fused-ring (bicyclic) bond motifs is 3. The smallest absolute Gasteiger partial charge is 0.411 e. The van der Waals surface area contributed by atoms with Crippen LogP contribution in [0, 0.1) is 0 Å². The lowest BCUT2D eigenvalue weighted by Gasteiger charge is -2.26. The van der Waals surface area contributed by atoms with Gasteiger partial charge < -0.3 is 10.1 Å². The van der Waals surface area contributed by atoms with Gasteiger partial charge in [0, 0.05) is 17.6 Å². The lowest BCUT2D eigenvalue weighted by molar-refractivity contribution is 0.110. The van der Waals surface area contributed by atoms with Crippen LogP contribution in [0.2, 0.25) is 0 Å². The summed E-state index contributed by atoms with van der Waals surface area (Å²) in [5, 5.41) is 3.42. The van der Waals surface area contributed by atoms with Gasteiger partial charge in [0.25, 0.3) is 0 Å². The van der Waals surface area contributed by atoms with E-state index in [2.05, 4.69) is 24.4 Å². The van der Waals surface area contributed by atoms with Crippen molar-refractivity contribution < 1.29 is 9.53 Å². The number of hydrogen-bond acceptors (Lipinski definition) is 3. The summed E-state index contributed by atoms with van der Waals surface area (Å²) in [4.78, 5) is 13.6.